The molecule has 0 aliphatic carbocycles. The highest BCUT2D eigenvalue weighted by Gasteiger charge is 2.43. The molecule has 0 amide bonds. The first-order chi connectivity index (χ1) is 8.59. The zero-order valence-electron chi connectivity index (χ0n) is 10.4. The van der Waals surface area contributed by atoms with Crippen LogP contribution in [0.5, 0.6) is 0 Å². The highest BCUT2D eigenvalue weighted by atomic mass is 19.1. The van der Waals surface area contributed by atoms with Gasteiger partial charge in [0.15, 0.2) is 11.3 Å². The second-order valence-electron chi connectivity index (χ2n) is 4.79. The van der Waals surface area contributed by atoms with Crippen LogP contribution in [0.2, 0.25) is 0 Å². The second kappa shape index (κ2) is 3.91. The van der Waals surface area contributed by atoms with E-state index < -0.39 is 5.67 Å². The van der Waals surface area contributed by atoms with Gasteiger partial charge in [-0.15, -0.1) is 0 Å². The summed E-state index contributed by atoms with van der Waals surface area (Å²) >= 11 is 0. The van der Waals surface area contributed by atoms with Gasteiger partial charge in [-0.3, -0.25) is 0 Å². The Kier molecular flexibility index (Phi) is 2.48. The number of pyridine rings is 1. The van der Waals surface area contributed by atoms with Gasteiger partial charge in [0, 0.05) is 7.11 Å². The average molecular weight is 250 g/mol. The quantitative estimate of drug-likeness (QED) is 0.821. The van der Waals surface area contributed by atoms with Crippen molar-refractivity contribution in [3.05, 3.63) is 24.2 Å². The van der Waals surface area contributed by atoms with Crippen LogP contribution in [0.1, 0.15) is 5.82 Å². The van der Waals surface area contributed by atoms with Crippen LogP contribution < -0.4 is 4.90 Å². The van der Waals surface area contributed by atoms with Gasteiger partial charge in [-0.2, -0.15) is 5.10 Å². The molecule has 1 aliphatic rings. The minimum Gasteiger partial charge on any atom is -0.381 e. The summed E-state index contributed by atoms with van der Waals surface area (Å²) in [5.41, 5.74) is 0.541. The standard InChI is InChI=1S/C12H15FN4O/c1-9-14-11-4-3-10(5-17(11)15-9)16-6-12(13,7-16)8-18-2/h3-5H,6-8H2,1-2H3. The van der Waals surface area contributed by atoms with Crippen molar-refractivity contribution in [3.63, 3.8) is 0 Å². The SMILES string of the molecule is COCC1(F)CN(c2ccc3nc(C)nn3c2)C1. The molecule has 5 nitrogen and oxygen atoms in total. The molecule has 1 fully saturated rings. The molecule has 0 aromatic carbocycles. The number of anilines is 1. The van der Waals surface area contributed by atoms with Crippen LogP contribution in [-0.2, 0) is 4.74 Å². The topological polar surface area (TPSA) is 42.7 Å². The fourth-order valence-corrected chi connectivity index (χ4v) is 2.34. The molecule has 0 unspecified atom stereocenters. The molecule has 0 radical (unpaired) electrons. The van der Waals surface area contributed by atoms with E-state index >= 15 is 0 Å². The second-order valence-corrected chi connectivity index (χ2v) is 4.79. The van der Waals surface area contributed by atoms with E-state index in [1.165, 1.54) is 7.11 Å². The number of hydrogen-bond acceptors (Lipinski definition) is 4. The average Bonchev–Trinajstić information content (AvgIpc) is 2.65. The van der Waals surface area contributed by atoms with Crippen molar-refractivity contribution in [3.8, 4) is 0 Å². The molecular formula is C12H15FN4O. The van der Waals surface area contributed by atoms with Gasteiger partial charge in [0.2, 0.25) is 0 Å². The van der Waals surface area contributed by atoms with Crippen LogP contribution >= 0.6 is 0 Å². The van der Waals surface area contributed by atoms with Crippen molar-refractivity contribution in [1.29, 1.82) is 0 Å². The number of methoxy groups -OCH3 is 1. The number of hydrogen-bond donors (Lipinski definition) is 0. The van der Waals surface area contributed by atoms with Crippen molar-refractivity contribution in [2.75, 3.05) is 31.7 Å². The van der Waals surface area contributed by atoms with Gasteiger partial charge in [-0.1, -0.05) is 0 Å². The Morgan fingerprint density at radius 1 is 1.44 bits per heavy atom. The lowest BCUT2D eigenvalue weighted by atomic mass is 9.97. The molecule has 18 heavy (non-hydrogen) atoms. The summed E-state index contributed by atoms with van der Waals surface area (Å²) in [5, 5.41) is 4.25. The van der Waals surface area contributed by atoms with Crippen LogP contribution in [0.4, 0.5) is 10.1 Å². The molecule has 0 saturated carbocycles. The van der Waals surface area contributed by atoms with E-state index in [4.69, 9.17) is 4.74 Å². The number of aromatic nitrogens is 3. The maximum absolute atomic E-state index is 14.0. The predicted octanol–water partition coefficient (Wildman–Crippen LogP) is 1.21. The van der Waals surface area contributed by atoms with Crippen LogP contribution in [0.15, 0.2) is 18.3 Å². The minimum absolute atomic E-state index is 0.147. The van der Waals surface area contributed by atoms with Gasteiger partial charge in [0.25, 0.3) is 0 Å². The van der Waals surface area contributed by atoms with E-state index in [0.717, 1.165) is 17.2 Å². The Hall–Kier alpha value is -1.69. The molecule has 3 heterocycles. The Morgan fingerprint density at radius 3 is 2.94 bits per heavy atom. The van der Waals surface area contributed by atoms with E-state index in [-0.39, 0.29) is 6.61 Å². The van der Waals surface area contributed by atoms with Crippen LogP contribution in [0.3, 0.4) is 0 Å². The summed E-state index contributed by atoms with van der Waals surface area (Å²) in [4.78, 5) is 6.22. The Morgan fingerprint density at radius 2 is 2.22 bits per heavy atom. The van der Waals surface area contributed by atoms with Crippen molar-refractivity contribution in [2.24, 2.45) is 0 Å². The maximum Gasteiger partial charge on any atom is 0.168 e. The number of rotatable bonds is 3. The summed E-state index contributed by atoms with van der Waals surface area (Å²) in [6.45, 7) is 2.72. The molecule has 0 bridgehead atoms. The van der Waals surface area contributed by atoms with E-state index in [9.17, 15) is 4.39 Å². The predicted molar refractivity (Wildman–Crippen MR) is 65.7 cm³/mol. The number of fused-ring (bicyclic) bond motifs is 1. The molecule has 96 valence electrons. The van der Waals surface area contributed by atoms with Gasteiger partial charge >= 0.3 is 0 Å². The van der Waals surface area contributed by atoms with E-state index in [1.54, 1.807) is 4.52 Å². The van der Waals surface area contributed by atoms with Gasteiger partial charge in [-0.05, 0) is 19.1 Å². The first-order valence-corrected chi connectivity index (χ1v) is 5.85. The fourth-order valence-electron chi connectivity index (χ4n) is 2.34. The van der Waals surface area contributed by atoms with Gasteiger partial charge in [0.05, 0.1) is 31.6 Å². The Labute approximate surface area is 104 Å². The molecule has 3 rings (SSSR count). The largest absolute Gasteiger partial charge is 0.381 e. The van der Waals surface area contributed by atoms with E-state index in [2.05, 4.69) is 10.1 Å². The molecule has 1 aliphatic heterocycles. The third-order valence-corrected chi connectivity index (χ3v) is 3.14. The minimum atomic E-state index is -1.22. The number of aryl methyl sites for hydroxylation is 1. The first kappa shape index (κ1) is 11.4. The number of halogens is 1. The monoisotopic (exact) mass is 250 g/mol. The lowest BCUT2D eigenvalue weighted by molar-refractivity contribution is 0.0196. The summed E-state index contributed by atoms with van der Waals surface area (Å²) < 4.78 is 20.6. The number of nitrogens with zero attached hydrogens (tertiary/aromatic N) is 4. The van der Waals surface area contributed by atoms with Crippen LogP contribution in [0.25, 0.3) is 5.65 Å². The molecular weight excluding hydrogens is 235 g/mol. The van der Waals surface area contributed by atoms with Crippen molar-refractivity contribution in [2.45, 2.75) is 12.6 Å². The Balaban J connectivity index is 1.80. The third kappa shape index (κ3) is 1.82. The van der Waals surface area contributed by atoms with Crippen LogP contribution in [0, 0.1) is 6.92 Å². The smallest absolute Gasteiger partial charge is 0.168 e. The molecule has 0 atom stereocenters. The van der Waals surface area contributed by atoms with Gasteiger partial charge in [0.1, 0.15) is 5.82 Å². The lowest BCUT2D eigenvalue weighted by Gasteiger charge is -2.45. The summed E-state index contributed by atoms with van der Waals surface area (Å²) in [6, 6.07) is 3.83. The molecule has 2 aromatic rings. The van der Waals surface area contributed by atoms with Crippen molar-refractivity contribution >= 4 is 11.3 Å². The maximum atomic E-state index is 14.0. The Bertz CT molecular complexity index is 576. The zero-order valence-corrected chi connectivity index (χ0v) is 10.4. The highest BCUT2D eigenvalue weighted by Crippen LogP contribution is 2.30. The summed E-state index contributed by atoms with van der Waals surface area (Å²) in [6.07, 6.45) is 1.88. The summed E-state index contributed by atoms with van der Waals surface area (Å²) in [7, 11) is 1.52. The van der Waals surface area contributed by atoms with Crippen molar-refractivity contribution < 1.29 is 9.13 Å². The van der Waals surface area contributed by atoms with E-state index in [1.807, 2.05) is 30.2 Å². The highest BCUT2D eigenvalue weighted by molar-refractivity contribution is 5.54. The number of alkyl halides is 1. The van der Waals surface area contributed by atoms with Gasteiger partial charge in [-0.25, -0.2) is 13.9 Å². The first-order valence-electron chi connectivity index (χ1n) is 5.85. The van der Waals surface area contributed by atoms with E-state index in [0.29, 0.717) is 13.1 Å². The molecule has 2 aromatic heterocycles. The number of ether oxygens (including phenoxy) is 1. The van der Waals surface area contributed by atoms with Crippen molar-refractivity contribution in [1.82, 2.24) is 14.6 Å². The molecule has 0 N–H and O–H groups in total. The molecule has 6 heteroatoms. The fraction of sp³-hybridized carbons (Fsp3) is 0.500. The zero-order chi connectivity index (χ0) is 12.8. The molecule has 0 spiro atoms. The third-order valence-electron chi connectivity index (χ3n) is 3.14. The summed E-state index contributed by atoms with van der Waals surface area (Å²) in [5.74, 6) is 0.731. The molecule has 1 saturated heterocycles. The normalized spacial score (nSPS) is 18.1. The van der Waals surface area contributed by atoms with Gasteiger partial charge < -0.3 is 9.64 Å². The van der Waals surface area contributed by atoms with Crippen LogP contribution in [-0.4, -0.2) is 47.1 Å². The lowest BCUT2D eigenvalue weighted by Crippen LogP contribution is -2.61.